The number of benzene rings is 4. The number of anilines is 1. The molecule has 1 aliphatic rings. The Morgan fingerprint density at radius 3 is 2.00 bits per heavy atom. The Hall–Kier alpha value is -4.50. The van der Waals surface area contributed by atoms with E-state index < -0.39 is 34.3 Å². The van der Waals surface area contributed by atoms with E-state index in [4.69, 9.17) is 0 Å². The van der Waals surface area contributed by atoms with Crippen LogP contribution in [0, 0.1) is 5.82 Å². The van der Waals surface area contributed by atoms with Crippen LogP contribution < -0.4 is 9.62 Å². The van der Waals surface area contributed by atoms with Crippen molar-refractivity contribution in [3.05, 3.63) is 132 Å². The standard InChI is InChI=1S/C35H36FN3O4S/c36-32-23-13-10-16-28(32)25-38(33(24-27-14-4-1-5-15-27)35(41)37-29-17-11-12-18-29)34(40)26-39(30-19-6-2-7-20-30)44(42,43)31-21-8-3-9-22-31/h1-10,13-16,19-23,29,33H,11-12,17-18,24-26H2,(H,37,41)/t33-/m0/s1. The molecule has 1 fully saturated rings. The summed E-state index contributed by atoms with van der Waals surface area (Å²) in [6, 6.07) is 30.7. The monoisotopic (exact) mass is 613 g/mol. The van der Waals surface area contributed by atoms with E-state index in [9.17, 15) is 18.0 Å². The predicted octanol–water partition coefficient (Wildman–Crippen LogP) is 5.72. The molecule has 2 amide bonds. The van der Waals surface area contributed by atoms with E-state index in [1.807, 2.05) is 30.3 Å². The molecule has 44 heavy (non-hydrogen) atoms. The van der Waals surface area contributed by atoms with Gasteiger partial charge in [-0.25, -0.2) is 12.8 Å². The van der Waals surface area contributed by atoms with E-state index in [0.29, 0.717) is 5.69 Å². The van der Waals surface area contributed by atoms with Gasteiger partial charge in [0, 0.05) is 24.6 Å². The van der Waals surface area contributed by atoms with Gasteiger partial charge in [-0.2, -0.15) is 0 Å². The van der Waals surface area contributed by atoms with Gasteiger partial charge in [-0.1, -0.05) is 97.8 Å². The van der Waals surface area contributed by atoms with E-state index in [1.54, 1.807) is 66.7 Å². The van der Waals surface area contributed by atoms with E-state index in [0.717, 1.165) is 35.6 Å². The minimum atomic E-state index is -4.18. The number of rotatable bonds is 12. The Balaban J connectivity index is 1.55. The van der Waals surface area contributed by atoms with Gasteiger partial charge in [-0.05, 0) is 48.7 Å². The van der Waals surface area contributed by atoms with Crippen molar-refractivity contribution in [1.82, 2.24) is 10.2 Å². The van der Waals surface area contributed by atoms with Crippen molar-refractivity contribution in [3.8, 4) is 0 Å². The molecule has 0 radical (unpaired) electrons. The molecule has 5 rings (SSSR count). The zero-order chi connectivity index (χ0) is 30.9. The molecule has 7 nitrogen and oxygen atoms in total. The van der Waals surface area contributed by atoms with Crippen LogP contribution in [0.25, 0.3) is 0 Å². The summed E-state index contributed by atoms with van der Waals surface area (Å²) < 4.78 is 44.0. The van der Waals surface area contributed by atoms with Gasteiger partial charge >= 0.3 is 0 Å². The molecule has 0 aliphatic heterocycles. The van der Waals surface area contributed by atoms with Gasteiger partial charge in [-0.15, -0.1) is 0 Å². The Morgan fingerprint density at radius 1 is 0.795 bits per heavy atom. The van der Waals surface area contributed by atoms with Crippen LogP contribution in [-0.2, 0) is 32.6 Å². The topological polar surface area (TPSA) is 86.8 Å². The molecule has 0 bridgehead atoms. The van der Waals surface area contributed by atoms with Gasteiger partial charge in [0.05, 0.1) is 10.6 Å². The van der Waals surface area contributed by atoms with E-state index in [1.165, 1.54) is 23.1 Å². The summed E-state index contributed by atoms with van der Waals surface area (Å²) in [4.78, 5) is 29.7. The number of para-hydroxylation sites is 1. The first kappa shape index (κ1) is 30.9. The number of hydrogen-bond donors (Lipinski definition) is 1. The molecular weight excluding hydrogens is 577 g/mol. The Bertz CT molecular complexity index is 1650. The zero-order valence-corrected chi connectivity index (χ0v) is 25.2. The third-order valence-corrected chi connectivity index (χ3v) is 9.71. The van der Waals surface area contributed by atoms with Gasteiger partial charge in [0.15, 0.2) is 0 Å². The number of nitrogens with one attached hydrogen (secondary N) is 1. The maximum Gasteiger partial charge on any atom is 0.264 e. The molecule has 0 unspecified atom stereocenters. The minimum Gasteiger partial charge on any atom is -0.352 e. The van der Waals surface area contributed by atoms with Gasteiger partial charge in [0.1, 0.15) is 18.4 Å². The van der Waals surface area contributed by atoms with Crippen LogP contribution in [-0.4, -0.2) is 43.8 Å². The second kappa shape index (κ2) is 14.3. The highest BCUT2D eigenvalue weighted by molar-refractivity contribution is 7.92. The Kier molecular flexibility index (Phi) is 10.1. The molecule has 0 aromatic heterocycles. The van der Waals surface area contributed by atoms with Gasteiger partial charge in [0.2, 0.25) is 11.8 Å². The molecule has 1 saturated carbocycles. The fourth-order valence-corrected chi connectivity index (χ4v) is 7.01. The maximum atomic E-state index is 15.0. The van der Waals surface area contributed by atoms with Crippen molar-refractivity contribution in [2.45, 2.75) is 55.6 Å². The second-order valence-electron chi connectivity index (χ2n) is 11.0. The SMILES string of the molecule is O=C(NC1CCCC1)[C@H](Cc1ccccc1)N(Cc1ccccc1F)C(=O)CN(c1ccccc1)S(=O)(=O)c1ccccc1. The summed E-state index contributed by atoms with van der Waals surface area (Å²) in [6.07, 6.45) is 3.89. The number of hydrogen-bond acceptors (Lipinski definition) is 4. The van der Waals surface area contributed by atoms with Crippen molar-refractivity contribution in [1.29, 1.82) is 0 Å². The Morgan fingerprint density at radius 2 is 1.36 bits per heavy atom. The van der Waals surface area contributed by atoms with Gasteiger partial charge in [-0.3, -0.25) is 13.9 Å². The number of nitrogens with zero attached hydrogens (tertiary/aromatic N) is 2. The van der Waals surface area contributed by atoms with Gasteiger partial charge in [0.25, 0.3) is 10.0 Å². The highest BCUT2D eigenvalue weighted by Crippen LogP contribution is 2.25. The van der Waals surface area contributed by atoms with Crippen LogP contribution >= 0.6 is 0 Å². The molecule has 1 N–H and O–H groups in total. The highest BCUT2D eigenvalue weighted by Gasteiger charge is 2.35. The van der Waals surface area contributed by atoms with Crippen molar-refractivity contribution in [2.24, 2.45) is 0 Å². The highest BCUT2D eigenvalue weighted by atomic mass is 32.2. The smallest absolute Gasteiger partial charge is 0.264 e. The first-order valence-electron chi connectivity index (χ1n) is 14.8. The summed E-state index contributed by atoms with van der Waals surface area (Å²) in [5, 5.41) is 3.12. The largest absolute Gasteiger partial charge is 0.352 e. The third-order valence-electron chi connectivity index (χ3n) is 7.93. The molecule has 9 heteroatoms. The van der Waals surface area contributed by atoms with Crippen molar-refractivity contribution < 1.29 is 22.4 Å². The number of sulfonamides is 1. The minimum absolute atomic E-state index is 0.00883. The quantitative estimate of drug-likeness (QED) is 0.222. The summed E-state index contributed by atoms with van der Waals surface area (Å²) in [6.45, 7) is -0.799. The van der Waals surface area contributed by atoms with E-state index >= 15 is 4.39 Å². The summed E-state index contributed by atoms with van der Waals surface area (Å²) in [5.41, 5.74) is 1.34. The van der Waals surface area contributed by atoms with E-state index in [-0.39, 0.29) is 35.4 Å². The normalized spacial score (nSPS) is 14.1. The number of amides is 2. The first-order valence-corrected chi connectivity index (χ1v) is 16.3. The third kappa shape index (κ3) is 7.52. The average Bonchev–Trinajstić information content (AvgIpc) is 3.56. The molecule has 4 aromatic carbocycles. The fraction of sp³-hybridized carbons (Fsp3) is 0.257. The van der Waals surface area contributed by atoms with E-state index in [2.05, 4.69) is 5.32 Å². The number of halogens is 1. The molecule has 1 atom stereocenters. The fourth-order valence-electron chi connectivity index (χ4n) is 5.57. The lowest BCUT2D eigenvalue weighted by molar-refractivity contribution is -0.140. The molecule has 228 valence electrons. The lowest BCUT2D eigenvalue weighted by Gasteiger charge is -2.34. The molecule has 1 aliphatic carbocycles. The van der Waals surface area contributed by atoms with Crippen LogP contribution in [0.15, 0.2) is 120 Å². The zero-order valence-electron chi connectivity index (χ0n) is 24.4. The molecular formula is C35H36FN3O4S. The predicted molar refractivity (Wildman–Crippen MR) is 169 cm³/mol. The average molecular weight is 614 g/mol. The lowest BCUT2D eigenvalue weighted by Crippen LogP contribution is -2.54. The van der Waals surface area contributed by atoms with Crippen molar-refractivity contribution >= 4 is 27.5 Å². The van der Waals surface area contributed by atoms with Crippen LogP contribution in [0.3, 0.4) is 0 Å². The molecule has 0 saturated heterocycles. The summed E-state index contributed by atoms with van der Waals surface area (Å²) >= 11 is 0. The number of carbonyl (C=O) groups is 2. The van der Waals surface area contributed by atoms with Crippen molar-refractivity contribution in [2.75, 3.05) is 10.8 Å². The molecule has 0 heterocycles. The Labute approximate surface area is 258 Å². The molecule has 0 spiro atoms. The van der Waals surface area contributed by atoms with Gasteiger partial charge < -0.3 is 10.2 Å². The van der Waals surface area contributed by atoms with Crippen LogP contribution in [0.1, 0.15) is 36.8 Å². The first-order chi connectivity index (χ1) is 21.3. The summed E-state index contributed by atoms with van der Waals surface area (Å²) in [5.74, 6) is -1.49. The number of carbonyl (C=O) groups excluding carboxylic acids is 2. The van der Waals surface area contributed by atoms with Crippen molar-refractivity contribution in [3.63, 3.8) is 0 Å². The van der Waals surface area contributed by atoms with Crippen LogP contribution in [0.4, 0.5) is 10.1 Å². The second-order valence-corrected chi connectivity index (χ2v) is 12.8. The molecule has 4 aromatic rings. The summed E-state index contributed by atoms with van der Waals surface area (Å²) in [7, 11) is -4.18. The van der Waals surface area contributed by atoms with Crippen LogP contribution in [0.2, 0.25) is 0 Å². The lowest BCUT2D eigenvalue weighted by atomic mass is 10.0. The maximum absolute atomic E-state index is 15.0. The van der Waals surface area contributed by atoms with Crippen LogP contribution in [0.5, 0.6) is 0 Å².